The number of hydrogen-bond donors (Lipinski definition) is 1. The smallest absolute Gasteiger partial charge is 0.346 e. The van der Waals surface area contributed by atoms with E-state index in [1.165, 1.54) is 17.4 Å². The topological polar surface area (TPSA) is 72.3 Å². The molecular weight excluding hydrogens is 308 g/mol. The van der Waals surface area contributed by atoms with E-state index in [9.17, 15) is 4.79 Å². The number of aromatic nitrogens is 2. The van der Waals surface area contributed by atoms with Gasteiger partial charge >= 0.3 is 5.97 Å². The van der Waals surface area contributed by atoms with E-state index >= 15 is 0 Å². The Morgan fingerprint density at radius 3 is 2.90 bits per heavy atom. The average molecular weight is 318 g/mol. The second-order valence-corrected chi connectivity index (χ2v) is 5.87. The molecule has 3 heterocycles. The Labute approximate surface area is 128 Å². The third-order valence-corrected chi connectivity index (χ3v) is 4.42. The quantitative estimate of drug-likeness (QED) is 0.779. The molecule has 0 aromatic carbocycles. The molecule has 21 heavy (non-hydrogen) atoms. The summed E-state index contributed by atoms with van der Waals surface area (Å²) in [6.45, 7) is 0.305. The molecule has 0 fully saturated rings. The molecule has 0 aliphatic heterocycles. The number of thiophene rings is 1. The van der Waals surface area contributed by atoms with Crippen molar-refractivity contribution in [1.82, 2.24) is 9.97 Å². The lowest BCUT2D eigenvalue weighted by Crippen LogP contribution is -1.95. The fourth-order valence-electron chi connectivity index (χ4n) is 1.64. The molecule has 3 aromatic heterocycles. The number of pyridine rings is 1. The Morgan fingerprint density at radius 1 is 1.29 bits per heavy atom. The van der Waals surface area contributed by atoms with Gasteiger partial charge in [-0.05, 0) is 12.1 Å². The van der Waals surface area contributed by atoms with Crippen molar-refractivity contribution in [2.24, 2.45) is 0 Å². The first-order valence-corrected chi connectivity index (χ1v) is 7.79. The van der Waals surface area contributed by atoms with Gasteiger partial charge in [0.15, 0.2) is 0 Å². The van der Waals surface area contributed by atoms with Crippen LogP contribution in [-0.4, -0.2) is 21.0 Å². The highest BCUT2D eigenvalue weighted by atomic mass is 32.1. The van der Waals surface area contributed by atoms with Crippen LogP contribution in [0.4, 0.5) is 0 Å². The summed E-state index contributed by atoms with van der Waals surface area (Å²) >= 11 is 2.65. The highest BCUT2D eigenvalue weighted by Crippen LogP contribution is 2.24. The Hall–Kier alpha value is -2.25. The van der Waals surface area contributed by atoms with E-state index in [2.05, 4.69) is 9.97 Å². The maximum absolute atomic E-state index is 10.8. The molecule has 0 saturated heterocycles. The molecule has 3 aromatic rings. The lowest BCUT2D eigenvalue weighted by Gasteiger charge is -1.99. The number of rotatable bonds is 5. The summed E-state index contributed by atoms with van der Waals surface area (Å²) in [4.78, 5) is 19.7. The first-order valence-electron chi connectivity index (χ1n) is 6.03. The molecule has 7 heteroatoms. The molecule has 5 nitrogen and oxygen atoms in total. The standard InChI is InChI=1S/C14H10N2O3S2/c17-14(18)12-5-10(8-20-12)19-6-9-7-21-13(16-9)11-3-1-2-4-15-11/h1-5,7-8H,6H2,(H,17,18). The molecular formula is C14H10N2O3S2. The SMILES string of the molecule is O=C(O)c1cc(OCc2csc(-c3ccccn3)n2)cs1. The molecule has 0 aliphatic carbocycles. The van der Waals surface area contributed by atoms with Gasteiger partial charge in [0.1, 0.15) is 22.2 Å². The van der Waals surface area contributed by atoms with Crippen molar-refractivity contribution in [3.8, 4) is 16.5 Å². The third kappa shape index (κ3) is 3.26. The summed E-state index contributed by atoms with van der Waals surface area (Å²) in [5, 5.41) is 13.3. The Bertz CT molecular complexity index is 752. The molecule has 1 N–H and O–H groups in total. The van der Waals surface area contributed by atoms with Gasteiger partial charge in [-0.2, -0.15) is 0 Å². The van der Waals surface area contributed by atoms with E-state index in [0.717, 1.165) is 27.7 Å². The lowest BCUT2D eigenvalue weighted by molar-refractivity contribution is 0.0702. The second-order valence-electron chi connectivity index (χ2n) is 4.10. The summed E-state index contributed by atoms with van der Waals surface area (Å²) < 4.78 is 5.54. The van der Waals surface area contributed by atoms with Crippen LogP contribution in [0.15, 0.2) is 41.2 Å². The number of carbonyl (C=O) groups is 1. The Kier molecular flexibility index (Phi) is 3.94. The lowest BCUT2D eigenvalue weighted by atomic mass is 10.4. The van der Waals surface area contributed by atoms with Gasteiger partial charge in [0.05, 0.1) is 11.4 Å². The summed E-state index contributed by atoms with van der Waals surface area (Å²) in [6, 6.07) is 7.19. The molecule has 0 atom stereocenters. The molecule has 0 spiro atoms. The monoisotopic (exact) mass is 318 g/mol. The van der Waals surface area contributed by atoms with Gasteiger partial charge in [0.25, 0.3) is 0 Å². The van der Waals surface area contributed by atoms with Crippen molar-refractivity contribution in [2.45, 2.75) is 6.61 Å². The molecule has 0 saturated carbocycles. The summed E-state index contributed by atoms with van der Waals surface area (Å²) in [5.74, 6) is -0.397. The van der Waals surface area contributed by atoms with Crippen LogP contribution in [0.1, 0.15) is 15.4 Å². The van der Waals surface area contributed by atoms with E-state index in [0.29, 0.717) is 12.4 Å². The average Bonchev–Trinajstić information content (AvgIpc) is 3.15. The molecule has 0 radical (unpaired) electrons. The number of thiazole rings is 1. The molecule has 0 unspecified atom stereocenters. The van der Waals surface area contributed by atoms with E-state index in [1.807, 2.05) is 23.6 Å². The summed E-state index contributed by atoms with van der Waals surface area (Å²) in [6.07, 6.45) is 1.73. The van der Waals surface area contributed by atoms with E-state index in [4.69, 9.17) is 9.84 Å². The second kappa shape index (κ2) is 6.02. The van der Waals surface area contributed by atoms with Crippen molar-refractivity contribution in [1.29, 1.82) is 0 Å². The minimum atomic E-state index is -0.944. The van der Waals surface area contributed by atoms with Gasteiger partial charge < -0.3 is 9.84 Å². The highest BCUT2D eigenvalue weighted by molar-refractivity contribution is 7.13. The van der Waals surface area contributed by atoms with Gasteiger partial charge in [-0.3, -0.25) is 4.98 Å². The van der Waals surface area contributed by atoms with Crippen LogP contribution in [0.3, 0.4) is 0 Å². The minimum Gasteiger partial charge on any atom is -0.486 e. The number of carboxylic acid groups (broad SMARTS) is 1. The predicted molar refractivity (Wildman–Crippen MR) is 81.0 cm³/mol. The maximum atomic E-state index is 10.8. The number of carboxylic acids is 1. The van der Waals surface area contributed by atoms with Gasteiger partial charge in [-0.15, -0.1) is 22.7 Å². The van der Waals surface area contributed by atoms with Crippen LogP contribution in [0.25, 0.3) is 10.7 Å². The molecule has 0 aliphatic rings. The minimum absolute atomic E-state index is 0.262. The van der Waals surface area contributed by atoms with Gasteiger partial charge in [0.2, 0.25) is 0 Å². The number of hydrogen-bond acceptors (Lipinski definition) is 6. The summed E-state index contributed by atoms with van der Waals surface area (Å²) in [5.41, 5.74) is 1.63. The van der Waals surface area contributed by atoms with Crippen LogP contribution in [0.2, 0.25) is 0 Å². The van der Waals surface area contributed by atoms with Crippen LogP contribution < -0.4 is 4.74 Å². The maximum Gasteiger partial charge on any atom is 0.346 e. The predicted octanol–water partition coefficient (Wildman–Crippen LogP) is 3.54. The van der Waals surface area contributed by atoms with Crippen molar-refractivity contribution < 1.29 is 14.6 Å². The number of nitrogens with zero attached hydrogens (tertiary/aromatic N) is 2. The fourth-order valence-corrected chi connectivity index (χ4v) is 3.09. The first-order chi connectivity index (χ1) is 10.2. The number of aromatic carboxylic acids is 1. The Morgan fingerprint density at radius 2 is 2.19 bits per heavy atom. The molecule has 106 valence electrons. The van der Waals surface area contributed by atoms with Crippen LogP contribution in [0.5, 0.6) is 5.75 Å². The molecule has 3 rings (SSSR count). The van der Waals surface area contributed by atoms with Crippen LogP contribution >= 0.6 is 22.7 Å². The zero-order valence-corrected chi connectivity index (χ0v) is 12.4. The van der Waals surface area contributed by atoms with E-state index < -0.39 is 5.97 Å². The van der Waals surface area contributed by atoms with Crippen molar-refractivity contribution in [3.63, 3.8) is 0 Å². The first kappa shape index (κ1) is 13.7. The van der Waals surface area contributed by atoms with Crippen LogP contribution in [-0.2, 0) is 6.61 Å². The van der Waals surface area contributed by atoms with Gasteiger partial charge in [0, 0.05) is 23.0 Å². The molecule has 0 bridgehead atoms. The van der Waals surface area contributed by atoms with Crippen molar-refractivity contribution in [2.75, 3.05) is 0 Å². The zero-order valence-electron chi connectivity index (χ0n) is 10.7. The molecule has 0 amide bonds. The van der Waals surface area contributed by atoms with Crippen LogP contribution in [0, 0.1) is 0 Å². The fraction of sp³-hybridized carbons (Fsp3) is 0.0714. The largest absolute Gasteiger partial charge is 0.486 e. The third-order valence-electron chi connectivity index (χ3n) is 2.61. The Balaban J connectivity index is 1.66. The zero-order chi connectivity index (χ0) is 14.7. The van der Waals surface area contributed by atoms with E-state index in [-0.39, 0.29) is 4.88 Å². The van der Waals surface area contributed by atoms with Crippen molar-refractivity contribution >= 4 is 28.6 Å². The highest BCUT2D eigenvalue weighted by Gasteiger charge is 2.09. The van der Waals surface area contributed by atoms with Crippen molar-refractivity contribution in [3.05, 3.63) is 51.8 Å². The van der Waals surface area contributed by atoms with E-state index in [1.54, 1.807) is 11.6 Å². The normalized spacial score (nSPS) is 10.5. The van der Waals surface area contributed by atoms with Gasteiger partial charge in [-0.1, -0.05) is 6.07 Å². The summed E-state index contributed by atoms with van der Waals surface area (Å²) in [7, 11) is 0. The van der Waals surface area contributed by atoms with Gasteiger partial charge in [-0.25, -0.2) is 9.78 Å². The number of ether oxygens (including phenoxy) is 1.